The standard InChI is InChI=1S/C14H24N2O3S/c1-10-2-4-11(5-3-10)8-15-14(19)16-6-7-20-9-12(16)13(17)18/h10-12H,2-9H2,1H3,(H,15,19)(H,17,18). The maximum Gasteiger partial charge on any atom is 0.327 e. The van der Waals surface area contributed by atoms with Crippen LogP contribution < -0.4 is 5.32 Å². The molecule has 1 unspecified atom stereocenters. The molecule has 20 heavy (non-hydrogen) atoms. The predicted molar refractivity (Wildman–Crippen MR) is 80.0 cm³/mol. The van der Waals surface area contributed by atoms with Gasteiger partial charge in [-0.1, -0.05) is 19.8 Å². The summed E-state index contributed by atoms with van der Waals surface area (Å²) in [6.07, 6.45) is 4.80. The minimum Gasteiger partial charge on any atom is -0.480 e. The van der Waals surface area contributed by atoms with Gasteiger partial charge in [-0.15, -0.1) is 0 Å². The van der Waals surface area contributed by atoms with E-state index in [1.54, 1.807) is 11.8 Å². The SMILES string of the molecule is CC1CCC(CNC(=O)N2CCSCC2C(=O)O)CC1. The molecule has 2 amide bonds. The first-order valence-electron chi connectivity index (χ1n) is 7.43. The van der Waals surface area contributed by atoms with E-state index in [0.717, 1.165) is 11.7 Å². The fourth-order valence-corrected chi connectivity index (χ4v) is 3.96. The van der Waals surface area contributed by atoms with Gasteiger partial charge < -0.3 is 15.3 Å². The number of urea groups is 1. The summed E-state index contributed by atoms with van der Waals surface area (Å²) in [5, 5.41) is 12.1. The molecule has 2 fully saturated rings. The Labute approximate surface area is 124 Å². The van der Waals surface area contributed by atoms with Gasteiger partial charge in [0.15, 0.2) is 0 Å². The van der Waals surface area contributed by atoms with Gasteiger partial charge >= 0.3 is 12.0 Å². The Morgan fingerprint density at radius 1 is 1.30 bits per heavy atom. The maximum absolute atomic E-state index is 12.2. The average Bonchev–Trinajstić information content (AvgIpc) is 2.46. The molecule has 1 heterocycles. The number of amides is 2. The zero-order valence-corrected chi connectivity index (χ0v) is 12.8. The zero-order valence-electron chi connectivity index (χ0n) is 12.0. The molecule has 114 valence electrons. The monoisotopic (exact) mass is 300 g/mol. The summed E-state index contributed by atoms with van der Waals surface area (Å²) in [6, 6.07) is -0.892. The second kappa shape index (κ2) is 7.20. The summed E-state index contributed by atoms with van der Waals surface area (Å²) in [4.78, 5) is 24.8. The number of thioether (sulfide) groups is 1. The molecular formula is C14H24N2O3S. The minimum absolute atomic E-state index is 0.212. The molecule has 1 aliphatic heterocycles. The number of hydrogen-bond acceptors (Lipinski definition) is 3. The van der Waals surface area contributed by atoms with Crippen LogP contribution in [0, 0.1) is 11.8 Å². The van der Waals surface area contributed by atoms with Crippen molar-refractivity contribution >= 4 is 23.8 Å². The first-order valence-corrected chi connectivity index (χ1v) is 8.58. The van der Waals surface area contributed by atoms with E-state index in [9.17, 15) is 9.59 Å². The molecule has 0 radical (unpaired) electrons. The smallest absolute Gasteiger partial charge is 0.327 e. The van der Waals surface area contributed by atoms with Crippen molar-refractivity contribution in [2.45, 2.75) is 38.6 Å². The van der Waals surface area contributed by atoms with Gasteiger partial charge in [0.1, 0.15) is 6.04 Å². The summed E-state index contributed by atoms with van der Waals surface area (Å²) < 4.78 is 0. The van der Waals surface area contributed by atoms with Gasteiger partial charge in [0.25, 0.3) is 0 Å². The van der Waals surface area contributed by atoms with Crippen molar-refractivity contribution < 1.29 is 14.7 Å². The Kier molecular flexibility index (Phi) is 5.57. The Balaban J connectivity index is 1.79. The molecule has 5 nitrogen and oxygen atoms in total. The predicted octanol–water partition coefficient (Wildman–Crippen LogP) is 2.02. The lowest BCUT2D eigenvalue weighted by Gasteiger charge is -2.33. The van der Waals surface area contributed by atoms with Crippen molar-refractivity contribution in [3.05, 3.63) is 0 Å². The molecule has 0 bridgehead atoms. The highest BCUT2D eigenvalue weighted by Gasteiger charge is 2.32. The highest BCUT2D eigenvalue weighted by Crippen LogP contribution is 2.27. The van der Waals surface area contributed by atoms with Crippen molar-refractivity contribution in [1.82, 2.24) is 10.2 Å². The Morgan fingerprint density at radius 2 is 2.00 bits per heavy atom. The zero-order chi connectivity index (χ0) is 14.5. The molecule has 6 heteroatoms. The number of carboxylic acids is 1. The van der Waals surface area contributed by atoms with Crippen LogP contribution in [0.25, 0.3) is 0 Å². The molecule has 1 aliphatic carbocycles. The van der Waals surface area contributed by atoms with Crippen molar-refractivity contribution in [3.8, 4) is 0 Å². The van der Waals surface area contributed by atoms with E-state index in [-0.39, 0.29) is 6.03 Å². The molecule has 1 saturated heterocycles. The van der Waals surface area contributed by atoms with Crippen LogP contribution in [0.5, 0.6) is 0 Å². The Morgan fingerprint density at radius 3 is 2.65 bits per heavy atom. The number of hydrogen-bond donors (Lipinski definition) is 2. The van der Waals surface area contributed by atoms with Gasteiger partial charge in [0.05, 0.1) is 0 Å². The number of rotatable bonds is 3. The van der Waals surface area contributed by atoms with E-state index in [4.69, 9.17) is 5.11 Å². The third-order valence-corrected chi connectivity index (χ3v) is 5.37. The lowest BCUT2D eigenvalue weighted by molar-refractivity contribution is -0.141. The summed E-state index contributed by atoms with van der Waals surface area (Å²) in [7, 11) is 0. The van der Waals surface area contributed by atoms with Crippen LogP contribution in [0.2, 0.25) is 0 Å². The molecule has 1 saturated carbocycles. The largest absolute Gasteiger partial charge is 0.480 e. The van der Waals surface area contributed by atoms with Gasteiger partial charge in [0.2, 0.25) is 0 Å². The number of aliphatic carboxylic acids is 1. The molecule has 2 aliphatic rings. The number of carboxylic acid groups (broad SMARTS) is 1. The van der Waals surface area contributed by atoms with E-state index in [1.165, 1.54) is 30.6 Å². The van der Waals surface area contributed by atoms with Gasteiger partial charge in [-0.05, 0) is 24.7 Å². The second-order valence-electron chi connectivity index (χ2n) is 5.93. The summed E-state index contributed by atoms with van der Waals surface area (Å²) >= 11 is 1.60. The Bertz CT molecular complexity index is 356. The summed E-state index contributed by atoms with van der Waals surface area (Å²) in [6.45, 7) is 3.48. The lowest BCUT2D eigenvalue weighted by atomic mass is 9.83. The molecule has 2 N–H and O–H groups in total. The highest BCUT2D eigenvalue weighted by atomic mass is 32.2. The van der Waals surface area contributed by atoms with Crippen LogP contribution in [0.3, 0.4) is 0 Å². The fraction of sp³-hybridized carbons (Fsp3) is 0.857. The van der Waals surface area contributed by atoms with E-state index in [0.29, 0.717) is 24.8 Å². The number of nitrogens with zero attached hydrogens (tertiary/aromatic N) is 1. The second-order valence-corrected chi connectivity index (χ2v) is 7.08. The summed E-state index contributed by atoms with van der Waals surface area (Å²) in [5.74, 6) is 1.76. The van der Waals surface area contributed by atoms with Crippen molar-refractivity contribution in [2.24, 2.45) is 11.8 Å². The van der Waals surface area contributed by atoms with Gasteiger partial charge in [-0.2, -0.15) is 11.8 Å². The van der Waals surface area contributed by atoms with E-state index < -0.39 is 12.0 Å². The van der Waals surface area contributed by atoms with E-state index >= 15 is 0 Å². The molecule has 0 aromatic carbocycles. The molecule has 0 aromatic rings. The summed E-state index contributed by atoms with van der Waals surface area (Å²) in [5.41, 5.74) is 0. The van der Waals surface area contributed by atoms with E-state index in [2.05, 4.69) is 12.2 Å². The fourth-order valence-electron chi connectivity index (χ4n) is 2.92. The normalized spacial score (nSPS) is 30.9. The quantitative estimate of drug-likeness (QED) is 0.836. The molecule has 0 aromatic heterocycles. The first kappa shape index (κ1) is 15.5. The third kappa shape index (κ3) is 4.04. The van der Waals surface area contributed by atoms with Gasteiger partial charge in [-0.25, -0.2) is 9.59 Å². The van der Waals surface area contributed by atoms with Crippen molar-refractivity contribution in [1.29, 1.82) is 0 Å². The number of carbonyl (C=O) groups is 2. The topological polar surface area (TPSA) is 69.6 Å². The van der Waals surface area contributed by atoms with Gasteiger partial charge in [0, 0.05) is 24.6 Å². The molecular weight excluding hydrogens is 276 g/mol. The third-order valence-electron chi connectivity index (χ3n) is 4.35. The van der Waals surface area contributed by atoms with Crippen molar-refractivity contribution in [3.63, 3.8) is 0 Å². The lowest BCUT2D eigenvalue weighted by Crippen LogP contribution is -2.54. The van der Waals surface area contributed by atoms with Gasteiger partial charge in [-0.3, -0.25) is 0 Å². The van der Waals surface area contributed by atoms with Crippen LogP contribution in [-0.4, -0.2) is 52.6 Å². The average molecular weight is 300 g/mol. The maximum atomic E-state index is 12.2. The minimum atomic E-state index is -0.904. The van der Waals surface area contributed by atoms with Crippen LogP contribution in [0.15, 0.2) is 0 Å². The first-order chi connectivity index (χ1) is 9.58. The van der Waals surface area contributed by atoms with Crippen LogP contribution in [0.1, 0.15) is 32.6 Å². The van der Waals surface area contributed by atoms with Crippen LogP contribution >= 0.6 is 11.8 Å². The number of nitrogens with one attached hydrogen (secondary N) is 1. The Hall–Kier alpha value is -0.910. The molecule has 1 atom stereocenters. The number of carbonyl (C=O) groups excluding carboxylic acids is 1. The van der Waals surface area contributed by atoms with E-state index in [1.807, 2.05) is 0 Å². The molecule has 0 spiro atoms. The highest BCUT2D eigenvalue weighted by molar-refractivity contribution is 7.99. The van der Waals surface area contributed by atoms with Crippen molar-refractivity contribution in [2.75, 3.05) is 24.6 Å². The molecule has 2 rings (SSSR count). The van der Waals surface area contributed by atoms with Crippen LogP contribution in [-0.2, 0) is 4.79 Å². The van der Waals surface area contributed by atoms with Crippen LogP contribution in [0.4, 0.5) is 4.79 Å².